The molecular formula is C20H25NO2. The first kappa shape index (κ1) is 16.0. The molecule has 3 rings (SSSR count). The minimum atomic E-state index is -0.403. The molecule has 2 aromatic rings. The van der Waals surface area contributed by atoms with E-state index in [1.165, 1.54) is 11.1 Å². The van der Waals surface area contributed by atoms with Crippen LogP contribution in [-0.2, 0) is 6.42 Å². The van der Waals surface area contributed by atoms with Crippen LogP contribution in [0, 0.1) is 5.92 Å². The van der Waals surface area contributed by atoms with Crippen molar-refractivity contribution in [3.63, 3.8) is 0 Å². The number of nitrogens with zero attached hydrogens (tertiary/aromatic N) is 1. The number of methoxy groups -OCH3 is 1. The minimum absolute atomic E-state index is 0.179. The maximum Gasteiger partial charge on any atom is 0.119 e. The lowest BCUT2D eigenvalue weighted by molar-refractivity contribution is 0.0786. The largest absolute Gasteiger partial charge is 0.497 e. The fourth-order valence-corrected chi connectivity index (χ4v) is 3.67. The highest BCUT2D eigenvalue weighted by molar-refractivity contribution is 5.43. The number of benzene rings is 2. The van der Waals surface area contributed by atoms with Gasteiger partial charge in [0, 0.05) is 18.5 Å². The first-order chi connectivity index (χ1) is 11.1. The monoisotopic (exact) mass is 311 g/mol. The van der Waals surface area contributed by atoms with Gasteiger partial charge in [0.05, 0.1) is 13.2 Å². The predicted octanol–water partition coefficient (Wildman–Crippen LogP) is 3.59. The summed E-state index contributed by atoms with van der Waals surface area (Å²) in [5.41, 5.74) is 3.58. The van der Waals surface area contributed by atoms with Gasteiger partial charge in [-0.3, -0.25) is 4.90 Å². The van der Waals surface area contributed by atoms with E-state index in [2.05, 4.69) is 49.2 Å². The van der Waals surface area contributed by atoms with Gasteiger partial charge in [-0.25, -0.2) is 0 Å². The second-order valence-electron chi connectivity index (χ2n) is 6.46. The Morgan fingerprint density at radius 3 is 2.52 bits per heavy atom. The maximum absolute atomic E-state index is 10.6. The quantitative estimate of drug-likeness (QED) is 0.916. The van der Waals surface area contributed by atoms with Crippen molar-refractivity contribution in [2.45, 2.75) is 25.5 Å². The molecule has 3 nitrogen and oxygen atoms in total. The number of ether oxygens (including phenoxy) is 1. The molecule has 0 fully saturated rings. The van der Waals surface area contributed by atoms with Crippen molar-refractivity contribution >= 4 is 0 Å². The van der Waals surface area contributed by atoms with Crippen LogP contribution in [0.5, 0.6) is 5.75 Å². The topological polar surface area (TPSA) is 32.7 Å². The molecule has 23 heavy (non-hydrogen) atoms. The van der Waals surface area contributed by atoms with Gasteiger partial charge in [0.25, 0.3) is 0 Å². The van der Waals surface area contributed by atoms with Crippen LogP contribution in [0.15, 0.2) is 48.5 Å². The van der Waals surface area contributed by atoms with Gasteiger partial charge in [-0.1, -0.05) is 43.3 Å². The minimum Gasteiger partial charge on any atom is -0.497 e. The summed E-state index contributed by atoms with van der Waals surface area (Å²) in [4.78, 5) is 2.35. The predicted molar refractivity (Wildman–Crippen MR) is 92.6 cm³/mol. The Hall–Kier alpha value is -1.84. The van der Waals surface area contributed by atoms with E-state index in [9.17, 15) is 5.11 Å². The summed E-state index contributed by atoms with van der Waals surface area (Å²) in [6.07, 6.45) is 0.607. The van der Waals surface area contributed by atoms with Crippen molar-refractivity contribution in [3.05, 3.63) is 65.2 Å². The molecular weight excluding hydrogens is 286 g/mol. The average Bonchev–Trinajstić information content (AvgIpc) is 2.84. The lowest BCUT2D eigenvalue weighted by Gasteiger charge is -2.29. The highest BCUT2D eigenvalue weighted by Crippen LogP contribution is 2.47. The zero-order chi connectivity index (χ0) is 16.4. The van der Waals surface area contributed by atoms with Gasteiger partial charge in [-0.2, -0.15) is 0 Å². The molecule has 0 aromatic heterocycles. The van der Waals surface area contributed by atoms with Crippen LogP contribution in [0.25, 0.3) is 0 Å². The lowest BCUT2D eigenvalue weighted by atomic mass is 9.99. The number of hydrogen-bond donors (Lipinski definition) is 1. The maximum atomic E-state index is 10.6. The Balaban J connectivity index is 1.79. The third-order valence-corrected chi connectivity index (χ3v) is 5.00. The zero-order valence-electron chi connectivity index (χ0n) is 14.1. The Morgan fingerprint density at radius 2 is 1.83 bits per heavy atom. The Labute approximate surface area is 138 Å². The molecule has 3 atom stereocenters. The fraction of sp³-hybridized carbons (Fsp3) is 0.400. The van der Waals surface area contributed by atoms with E-state index in [-0.39, 0.29) is 12.0 Å². The molecule has 0 saturated heterocycles. The molecule has 3 unspecified atom stereocenters. The van der Waals surface area contributed by atoms with Gasteiger partial charge >= 0.3 is 0 Å². The van der Waals surface area contributed by atoms with Gasteiger partial charge in [0.2, 0.25) is 0 Å². The molecule has 0 bridgehead atoms. The number of fused-ring (bicyclic) bond motifs is 1. The summed E-state index contributed by atoms with van der Waals surface area (Å²) in [7, 11) is 3.83. The second-order valence-corrected chi connectivity index (χ2v) is 6.46. The summed E-state index contributed by atoms with van der Waals surface area (Å²) >= 11 is 0. The van der Waals surface area contributed by atoms with Crippen molar-refractivity contribution in [3.8, 4) is 5.75 Å². The summed E-state index contributed by atoms with van der Waals surface area (Å²) in [6.45, 7) is 3.09. The molecule has 0 saturated carbocycles. The smallest absolute Gasteiger partial charge is 0.119 e. The number of aliphatic hydroxyl groups excluding tert-OH is 1. The van der Waals surface area contributed by atoms with Gasteiger partial charge in [0.1, 0.15) is 5.75 Å². The Kier molecular flexibility index (Phi) is 4.69. The first-order valence-electron chi connectivity index (χ1n) is 8.22. The Morgan fingerprint density at radius 1 is 1.09 bits per heavy atom. The van der Waals surface area contributed by atoms with E-state index in [0.717, 1.165) is 24.3 Å². The van der Waals surface area contributed by atoms with E-state index in [1.54, 1.807) is 7.11 Å². The van der Waals surface area contributed by atoms with Crippen LogP contribution in [0.2, 0.25) is 0 Å². The summed E-state index contributed by atoms with van der Waals surface area (Å²) in [5, 5.41) is 10.6. The number of likely N-dealkylation sites (N-methyl/N-ethyl adjacent to an activating group) is 1. The Bertz CT molecular complexity index is 656. The van der Waals surface area contributed by atoms with Crippen LogP contribution in [-0.4, -0.2) is 30.7 Å². The zero-order valence-corrected chi connectivity index (χ0v) is 14.1. The van der Waals surface area contributed by atoms with Gasteiger partial charge in [-0.15, -0.1) is 0 Å². The number of hydrogen-bond acceptors (Lipinski definition) is 3. The van der Waals surface area contributed by atoms with Crippen LogP contribution in [0.3, 0.4) is 0 Å². The molecule has 1 N–H and O–H groups in total. The highest BCUT2D eigenvalue weighted by atomic mass is 16.5. The second kappa shape index (κ2) is 6.73. The van der Waals surface area contributed by atoms with Gasteiger partial charge < -0.3 is 9.84 Å². The van der Waals surface area contributed by atoms with Crippen molar-refractivity contribution in [1.29, 1.82) is 0 Å². The van der Waals surface area contributed by atoms with Crippen molar-refractivity contribution in [1.82, 2.24) is 4.90 Å². The first-order valence-corrected chi connectivity index (χ1v) is 8.22. The molecule has 2 aromatic carbocycles. The van der Waals surface area contributed by atoms with E-state index in [4.69, 9.17) is 4.74 Å². The van der Waals surface area contributed by atoms with Gasteiger partial charge in [-0.05, 0) is 42.3 Å². The fourth-order valence-electron chi connectivity index (χ4n) is 3.67. The van der Waals surface area contributed by atoms with Crippen LogP contribution in [0.1, 0.15) is 35.8 Å². The molecule has 0 spiro atoms. The van der Waals surface area contributed by atoms with Crippen LogP contribution in [0.4, 0.5) is 0 Å². The SMILES string of the molecule is COc1ccc2c(c1)C(N(C)CCc1ccccc1)C(C)C2O. The third kappa shape index (κ3) is 3.12. The van der Waals surface area contributed by atoms with Crippen LogP contribution < -0.4 is 4.74 Å². The average molecular weight is 311 g/mol. The molecule has 0 amide bonds. The van der Waals surface area contributed by atoms with E-state index in [1.807, 2.05) is 18.2 Å². The molecule has 0 heterocycles. The molecule has 0 aliphatic heterocycles. The summed E-state index contributed by atoms with van der Waals surface area (Å²) in [5.74, 6) is 1.03. The van der Waals surface area contributed by atoms with Gasteiger partial charge in [0.15, 0.2) is 0 Å². The number of rotatable bonds is 5. The standard InChI is InChI=1S/C20H25NO2/c1-14-19(21(2)12-11-15-7-5-4-6-8-15)18-13-16(23-3)9-10-17(18)20(14)22/h4-10,13-14,19-20,22H,11-12H2,1-3H3. The van der Waals surface area contributed by atoms with Crippen LogP contribution >= 0.6 is 0 Å². The van der Waals surface area contributed by atoms with Crippen molar-refractivity contribution in [2.75, 3.05) is 20.7 Å². The van der Waals surface area contributed by atoms with Crippen molar-refractivity contribution in [2.24, 2.45) is 5.92 Å². The van der Waals surface area contributed by atoms with Crippen molar-refractivity contribution < 1.29 is 9.84 Å². The highest BCUT2D eigenvalue weighted by Gasteiger charge is 2.39. The molecule has 0 radical (unpaired) electrons. The lowest BCUT2D eigenvalue weighted by Crippen LogP contribution is -2.29. The molecule has 122 valence electrons. The van der Waals surface area contributed by atoms with E-state index in [0.29, 0.717) is 0 Å². The molecule has 3 heteroatoms. The third-order valence-electron chi connectivity index (χ3n) is 5.00. The molecule has 1 aliphatic carbocycles. The number of aliphatic hydroxyl groups is 1. The molecule has 1 aliphatic rings. The summed E-state index contributed by atoms with van der Waals surface area (Å²) < 4.78 is 5.37. The van der Waals surface area contributed by atoms with E-state index >= 15 is 0 Å². The summed E-state index contributed by atoms with van der Waals surface area (Å²) in [6, 6.07) is 16.8. The normalized spacial score (nSPS) is 23.1. The van der Waals surface area contributed by atoms with E-state index < -0.39 is 6.10 Å².